The van der Waals surface area contributed by atoms with E-state index in [9.17, 15) is 18.0 Å². The Labute approximate surface area is 176 Å². The van der Waals surface area contributed by atoms with Crippen LogP contribution >= 0.6 is 0 Å². The number of benzene rings is 1. The van der Waals surface area contributed by atoms with Crippen molar-refractivity contribution >= 4 is 27.2 Å². The van der Waals surface area contributed by atoms with E-state index in [0.717, 1.165) is 5.69 Å². The fourth-order valence-corrected chi connectivity index (χ4v) is 4.60. The number of sulfone groups is 1. The van der Waals surface area contributed by atoms with E-state index in [1.165, 1.54) is 6.26 Å². The van der Waals surface area contributed by atoms with Crippen molar-refractivity contribution in [2.75, 3.05) is 23.9 Å². The molecule has 3 rings (SSSR count). The molecule has 0 atom stereocenters. The molecule has 8 nitrogen and oxygen atoms in total. The second kappa shape index (κ2) is 7.86. The summed E-state index contributed by atoms with van der Waals surface area (Å²) in [6.07, 6.45) is 2.79. The molecule has 2 aromatic rings. The summed E-state index contributed by atoms with van der Waals surface area (Å²) in [6, 6.07) is 5.13. The number of nitrogens with two attached hydrogens (primary N) is 1. The predicted molar refractivity (Wildman–Crippen MR) is 116 cm³/mol. The number of carbonyl (C=O) groups is 2. The van der Waals surface area contributed by atoms with E-state index < -0.39 is 15.7 Å². The molecule has 1 amide bonds. The number of anilines is 1. The molecule has 1 aromatic carbocycles. The molecule has 1 aliphatic carbocycles. The summed E-state index contributed by atoms with van der Waals surface area (Å²) in [5, 5.41) is 7.71. The Morgan fingerprint density at radius 3 is 2.63 bits per heavy atom. The molecule has 162 valence electrons. The van der Waals surface area contributed by atoms with Gasteiger partial charge in [0.25, 0.3) is 5.91 Å². The molecule has 0 radical (unpaired) electrons. The van der Waals surface area contributed by atoms with Crippen molar-refractivity contribution in [1.29, 1.82) is 0 Å². The first-order valence-electron chi connectivity index (χ1n) is 9.85. The first kappa shape index (κ1) is 22.0. The number of ketones is 1. The minimum absolute atomic E-state index is 0.0502. The lowest BCUT2D eigenvalue weighted by Crippen LogP contribution is -2.28. The molecular formula is C21H28N4O4S. The number of hydrogen-bond donors (Lipinski definition) is 2. The van der Waals surface area contributed by atoms with Gasteiger partial charge in [0.15, 0.2) is 5.78 Å². The normalized spacial score (nSPS) is 15.7. The maximum Gasteiger partial charge on any atom is 0.250 e. The van der Waals surface area contributed by atoms with Crippen LogP contribution in [0.25, 0.3) is 5.69 Å². The van der Waals surface area contributed by atoms with Crippen molar-refractivity contribution in [3.63, 3.8) is 0 Å². The molecule has 0 spiro atoms. The quantitative estimate of drug-likeness (QED) is 0.647. The van der Waals surface area contributed by atoms with Crippen LogP contribution in [0.15, 0.2) is 18.2 Å². The Balaban J connectivity index is 1.97. The van der Waals surface area contributed by atoms with Gasteiger partial charge in [-0.25, -0.2) is 13.1 Å². The van der Waals surface area contributed by atoms with Crippen LogP contribution in [0.5, 0.6) is 0 Å². The average Bonchev–Trinajstić information content (AvgIpc) is 2.92. The highest BCUT2D eigenvalue weighted by molar-refractivity contribution is 7.90. The summed E-state index contributed by atoms with van der Waals surface area (Å²) < 4.78 is 24.4. The molecule has 1 aliphatic rings. The minimum atomic E-state index is -3.06. The van der Waals surface area contributed by atoms with Gasteiger partial charge in [-0.15, -0.1) is 0 Å². The predicted octanol–water partition coefficient (Wildman–Crippen LogP) is 2.28. The number of rotatable bonds is 7. The number of carbonyl (C=O) groups excluding carboxylic acids is 2. The van der Waals surface area contributed by atoms with Gasteiger partial charge in [-0.2, -0.15) is 5.10 Å². The highest BCUT2D eigenvalue weighted by Gasteiger charge is 2.35. The van der Waals surface area contributed by atoms with Crippen LogP contribution in [0.3, 0.4) is 0 Å². The highest BCUT2D eigenvalue weighted by atomic mass is 32.2. The summed E-state index contributed by atoms with van der Waals surface area (Å²) in [4.78, 5) is 24.5. The Morgan fingerprint density at radius 2 is 2.00 bits per heavy atom. The molecule has 0 bridgehead atoms. The smallest absolute Gasteiger partial charge is 0.250 e. The van der Waals surface area contributed by atoms with Crippen LogP contribution < -0.4 is 11.1 Å². The molecule has 30 heavy (non-hydrogen) atoms. The van der Waals surface area contributed by atoms with Gasteiger partial charge in [0.2, 0.25) is 0 Å². The third-order valence-corrected chi connectivity index (χ3v) is 6.27. The maximum absolute atomic E-state index is 12.7. The topological polar surface area (TPSA) is 124 Å². The molecule has 3 N–H and O–H groups in total. The van der Waals surface area contributed by atoms with Crippen molar-refractivity contribution < 1.29 is 18.0 Å². The standard InChI is InChI=1S/C21H28N4O4S/c1-13-19-17(11-21(2,3)12-18(19)26)25(24-13)14-6-7-15(20(22)27)16(10-14)23-8-5-9-30(4,28)29/h6-7,10,23H,5,8-9,11-12H2,1-4H3,(H2,22,27). The molecule has 1 aromatic heterocycles. The number of nitrogens with zero attached hydrogens (tertiary/aromatic N) is 2. The van der Waals surface area contributed by atoms with Gasteiger partial charge in [-0.05, 0) is 43.4 Å². The van der Waals surface area contributed by atoms with E-state index in [1.54, 1.807) is 22.9 Å². The third kappa shape index (κ3) is 4.72. The Morgan fingerprint density at radius 1 is 1.30 bits per heavy atom. The monoisotopic (exact) mass is 432 g/mol. The van der Waals surface area contributed by atoms with Crippen LogP contribution in [-0.4, -0.2) is 48.4 Å². The lowest BCUT2D eigenvalue weighted by atomic mass is 9.75. The fraction of sp³-hybridized carbons (Fsp3) is 0.476. The third-order valence-electron chi connectivity index (χ3n) is 5.24. The van der Waals surface area contributed by atoms with Crippen LogP contribution in [0, 0.1) is 12.3 Å². The molecule has 0 saturated heterocycles. The second-order valence-corrected chi connectivity index (χ2v) is 11.0. The fourth-order valence-electron chi connectivity index (χ4n) is 3.94. The molecule has 9 heteroatoms. The molecule has 0 unspecified atom stereocenters. The number of aromatic nitrogens is 2. The summed E-state index contributed by atoms with van der Waals surface area (Å²) in [5.74, 6) is -0.436. The zero-order valence-corrected chi connectivity index (χ0v) is 18.6. The molecular weight excluding hydrogens is 404 g/mol. The zero-order valence-electron chi connectivity index (χ0n) is 17.8. The summed E-state index contributed by atoms with van der Waals surface area (Å²) in [7, 11) is -3.06. The van der Waals surface area contributed by atoms with Crippen molar-refractivity contribution in [2.24, 2.45) is 11.1 Å². The Kier molecular flexibility index (Phi) is 5.77. The van der Waals surface area contributed by atoms with E-state index in [0.29, 0.717) is 54.0 Å². The van der Waals surface area contributed by atoms with Gasteiger partial charge in [0.05, 0.1) is 34.0 Å². The SMILES string of the molecule is Cc1nn(-c2ccc(C(N)=O)c(NCCCS(C)(=O)=O)c2)c2c1C(=O)CC(C)(C)C2. The van der Waals surface area contributed by atoms with Gasteiger partial charge >= 0.3 is 0 Å². The number of primary amides is 1. The number of Topliss-reactive ketones (excluding diaryl/α,β-unsaturated/α-hetero) is 1. The molecule has 0 fully saturated rings. The van der Waals surface area contributed by atoms with Crippen LogP contribution in [0.1, 0.15) is 58.8 Å². The van der Waals surface area contributed by atoms with Crippen LogP contribution in [-0.2, 0) is 16.3 Å². The van der Waals surface area contributed by atoms with E-state index in [1.807, 2.05) is 6.92 Å². The lowest BCUT2D eigenvalue weighted by Gasteiger charge is -2.29. The van der Waals surface area contributed by atoms with Gasteiger partial charge in [0.1, 0.15) is 9.84 Å². The van der Waals surface area contributed by atoms with E-state index in [4.69, 9.17) is 5.73 Å². The van der Waals surface area contributed by atoms with Crippen LogP contribution in [0.2, 0.25) is 0 Å². The number of aryl methyl sites for hydroxylation is 1. The number of hydrogen-bond acceptors (Lipinski definition) is 6. The molecule has 0 aliphatic heterocycles. The van der Waals surface area contributed by atoms with E-state index in [-0.39, 0.29) is 17.0 Å². The van der Waals surface area contributed by atoms with Gasteiger partial charge < -0.3 is 11.1 Å². The van der Waals surface area contributed by atoms with Gasteiger partial charge in [0, 0.05) is 24.9 Å². The zero-order chi connectivity index (χ0) is 22.3. The first-order chi connectivity index (χ1) is 13.9. The minimum Gasteiger partial charge on any atom is -0.384 e. The van der Waals surface area contributed by atoms with Crippen molar-refractivity contribution in [3.05, 3.63) is 40.7 Å². The number of amides is 1. The van der Waals surface area contributed by atoms with Crippen LogP contribution in [0.4, 0.5) is 5.69 Å². The highest BCUT2D eigenvalue weighted by Crippen LogP contribution is 2.37. The van der Waals surface area contributed by atoms with Gasteiger partial charge in [-0.1, -0.05) is 13.8 Å². The Hall–Kier alpha value is -2.68. The second-order valence-electron chi connectivity index (χ2n) is 8.76. The summed E-state index contributed by atoms with van der Waals surface area (Å²) in [5.41, 5.74) is 9.11. The van der Waals surface area contributed by atoms with E-state index in [2.05, 4.69) is 24.3 Å². The van der Waals surface area contributed by atoms with Crippen molar-refractivity contribution in [1.82, 2.24) is 9.78 Å². The molecule has 0 saturated carbocycles. The maximum atomic E-state index is 12.7. The number of fused-ring (bicyclic) bond motifs is 1. The lowest BCUT2D eigenvalue weighted by molar-refractivity contribution is 0.0909. The largest absolute Gasteiger partial charge is 0.384 e. The van der Waals surface area contributed by atoms with Gasteiger partial charge in [-0.3, -0.25) is 9.59 Å². The first-order valence-corrected chi connectivity index (χ1v) is 11.9. The Bertz CT molecular complexity index is 1120. The van der Waals surface area contributed by atoms with E-state index >= 15 is 0 Å². The van der Waals surface area contributed by atoms with Crippen molar-refractivity contribution in [3.8, 4) is 5.69 Å². The summed E-state index contributed by atoms with van der Waals surface area (Å²) >= 11 is 0. The number of nitrogens with one attached hydrogen (secondary N) is 1. The molecule has 1 heterocycles. The average molecular weight is 433 g/mol. The van der Waals surface area contributed by atoms with Crippen molar-refractivity contribution in [2.45, 2.75) is 40.0 Å². The summed E-state index contributed by atoms with van der Waals surface area (Å²) in [6.45, 7) is 6.32.